The van der Waals surface area contributed by atoms with Crippen molar-refractivity contribution in [3.8, 4) is 0 Å². The van der Waals surface area contributed by atoms with Gasteiger partial charge in [0.05, 0.1) is 22.1 Å². The van der Waals surface area contributed by atoms with Gasteiger partial charge < -0.3 is 0 Å². The van der Waals surface area contributed by atoms with Crippen molar-refractivity contribution >= 4 is 39.3 Å². The predicted molar refractivity (Wildman–Crippen MR) is 98.4 cm³/mol. The molecule has 8 heteroatoms. The molecule has 0 saturated carbocycles. The average molecular weight is 353 g/mol. The summed E-state index contributed by atoms with van der Waals surface area (Å²) >= 11 is 1.72. The zero-order chi connectivity index (χ0) is 17.2. The van der Waals surface area contributed by atoms with E-state index >= 15 is 0 Å². The summed E-state index contributed by atoms with van der Waals surface area (Å²) in [5.74, 6) is 0.652. The van der Waals surface area contributed by atoms with Crippen molar-refractivity contribution < 1.29 is 4.92 Å². The van der Waals surface area contributed by atoms with Crippen molar-refractivity contribution in [2.75, 3.05) is 5.43 Å². The smallest absolute Gasteiger partial charge is 0.261 e. The Morgan fingerprint density at radius 3 is 2.96 bits per heavy atom. The summed E-state index contributed by atoms with van der Waals surface area (Å²) in [6.45, 7) is 0. The van der Waals surface area contributed by atoms with Crippen molar-refractivity contribution in [2.45, 2.75) is 25.7 Å². The highest BCUT2D eigenvalue weighted by Gasteiger charge is 2.19. The number of nitro groups is 1. The van der Waals surface area contributed by atoms with Crippen LogP contribution in [0.2, 0.25) is 0 Å². The number of fused-ring (bicyclic) bond motifs is 3. The van der Waals surface area contributed by atoms with Gasteiger partial charge in [-0.2, -0.15) is 5.10 Å². The molecular weight excluding hydrogens is 338 g/mol. The monoisotopic (exact) mass is 353 g/mol. The Morgan fingerprint density at radius 1 is 1.24 bits per heavy atom. The summed E-state index contributed by atoms with van der Waals surface area (Å²) in [5.41, 5.74) is 4.72. The van der Waals surface area contributed by atoms with Gasteiger partial charge in [-0.15, -0.1) is 11.3 Å². The maximum Gasteiger partial charge on any atom is 0.278 e. The Morgan fingerprint density at radius 2 is 2.08 bits per heavy atom. The van der Waals surface area contributed by atoms with Crippen LogP contribution < -0.4 is 5.43 Å². The van der Waals surface area contributed by atoms with E-state index < -0.39 is 4.92 Å². The van der Waals surface area contributed by atoms with E-state index in [-0.39, 0.29) is 5.69 Å². The van der Waals surface area contributed by atoms with Crippen molar-refractivity contribution in [3.05, 3.63) is 56.7 Å². The van der Waals surface area contributed by atoms with Crippen LogP contribution in [0.25, 0.3) is 10.2 Å². The number of para-hydroxylation sites is 1. The van der Waals surface area contributed by atoms with Gasteiger partial charge in [0.25, 0.3) is 5.69 Å². The summed E-state index contributed by atoms with van der Waals surface area (Å²) in [7, 11) is 0. The topological polar surface area (TPSA) is 93.3 Å². The van der Waals surface area contributed by atoms with Crippen molar-refractivity contribution in [1.82, 2.24) is 9.97 Å². The molecule has 0 unspecified atom stereocenters. The number of hydrogen-bond acceptors (Lipinski definition) is 7. The fourth-order valence-electron chi connectivity index (χ4n) is 3.10. The summed E-state index contributed by atoms with van der Waals surface area (Å²) < 4.78 is 0. The minimum Gasteiger partial charge on any atom is -0.261 e. The van der Waals surface area contributed by atoms with Crippen LogP contribution in [-0.4, -0.2) is 21.1 Å². The molecule has 1 aromatic carbocycles. The van der Waals surface area contributed by atoms with E-state index in [1.165, 1.54) is 41.9 Å². The second kappa shape index (κ2) is 6.56. The molecule has 1 aliphatic carbocycles. The maximum absolute atomic E-state index is 11.1. The summed E-state index contributed by atoms with van der Waals surface area (Å²) in [5, 5.41) is 16.3. The molecule has 0 atom stereocenters. The van der Waals surface area contributed by atoms with E-state index in [1.807, 2.05) is 0 Å². The maximum atomic E-state index is 11.1. The number of benzene rings is 1. The molecule has 4 rings (SSSR count). The van der Waals surface area contributed by atoms with Crippen LogP contribution in [0.1, 0.15) is 28.8 Å². The lowest BCUT2D eigenvalue weighted by Gasteiger charge is -2.11. The molecule has 0 fully saturated rings. The molecule has 3 aromatic rings. The number of aromatic nitrogens is 2. The van der Waals surface area contributed by atoms with E-state index in [0.717, 1.165) is 23.1 Å². The first-order valence-electron chi connectivity index (χ1n) is 8.02. The number of hydrogen-bond donors (Lipinski definition) is 1. The molecule has 0 aliphatic heterocycles. The molecule has 0 bridgehead atoms. The van der Waals surface area contributed by atoms with Crippen molar-refractivity contribution in [2.24, 2.45) is 5.10 Å². The van der Waals surface area contributed by atoms with Crippen LogP contribution in [0.5, 0.6) is 0 Å². The third kappa shape index (κ3) is 2.96. The van der Waals surface area contributed by atoms with Crippen LogP contribution in [0.15, 0.2) is 35.7 Å². The van der Waals surface area contributed by atoms with E-state index in [2.05, 4.69) is 20.5 Å². The quantitative estimate of drug-likeness (QED) is 0.436. The van der Waals surface area contributed by atoms with Gasteiger partial charge in [0.15, 0.2) is 5.82 Å². The summed E-state index contributed by atoms with van der Waals surface area (Å²) in [6.07, 6.45) is 7.48. The molecule has 0 spiro atoms. The number of hydrazone groups is 1. The number of nitrogens with one attached hydrogen (secondary N) is 1. The number of nitrogens with zero attached hydrogens (tertiary/aromatic N) is 4. The number of aryl methyl sites for hydroxylation is 2. The van der Waals surface area contributed by atoms with Crippen LogP contribution >= 0.6 is 11.3 Å². The normalized spacial score (nSPS) is 13.9. The van der Waals surface area contributed by atoms with Gasteiger partial charge in [0.1, 0.15) is 11.2 Å². The van der Waals surface area contributed by atoms with Gasteiger partial charge in [-0.1, -0.05) is 12.1 Å². The zero-order valence-electron chi connectivity index (χ0n) is 13.3. The highest BCUT2D eigenvalue weighted by atomic mass is 32.1. The molecule has 7 nitrogen and oxygen atoms in total. The van der Waals surface area contributed by atoms with Gasteiger partial charge in [-0.05, 0) is 37.3 Å². The first kappa shape index (κ1) is 15.6. The lowest BCUT2D eigenvalue weighted by Crippen LogP contribution is -2.01. The van der Waals surface area contributed by atoms with E-state index in [4.69, 9.17) is 0 Å². The van der Waals surface area contributed by atoms with E-state index in [9.17, 15) is 10.1 Å². The standard InChI is InChI=1S/C17H15N5O2S/c23-22(24)13-7-3-1-5-11(13)9-20-21-16-15-12-6-2-4-8-14(12)25-17(15)19-10-18-16/h1,3,5,7,9-10H,2,4,6,8H2,(H,18,19,21)/b20-9+. The molecule has 0 radical (unpaired) electrons. The number of rotatable bonds is 4. The van der Waals surface area contributed by atoms with Crippen LogP contribution in [0.4, 0.5) is 11.5 Å². The fraction of sp³-hybridized carbons (Fsp3) is 0.235. The lowest BCUT2D eigenvalue weighted by atomic mass is 9.97. The molecule has 0 saturated heterocycles. The lowest BCUT2D eigenvalue weighted by molar-refractivity contribution is -0.385. The molecule has 126 valence electrons. The summed E-state index contributed by atoms with van der Waals surface area (Å²) in [6, 6.07) is 6.49. The molecule has 25 heavy (non-hydrogen) atoms. The second-order valence-corrected chi connectivity index (χ2v) is 6.88. The third-order valence-corrected chi connectivity index (χ3v) is 5.46. The van der Waals surface area contributed by atoms with Gasteiger partial charge in [-0.25, -0.2) is 9.97 Å². The van der Waals surface area contributed by atoms with E-state index in [0.29, 0.717) is 11.4 Å². The number of thiophene rings is 1. The molecular formula is C17H15N5O2S. The largest absolute Gasteiger partial charge is 0.278 e. The SMILES string of the molecule is O=[N+]([O-])c1ccccc1/C=N/Nc1ncnc2sc3c(c12)CCCC3. The van der Waals surface area contributed by atoms with Gasteiger partial charge in [0.2, 0.25) is 0 Å². The Labute approximate surface area is 147 Å². The first-order chi connectivity index (χ1) is 12.2. The molecule has 2 aromatic heterocycles. The van der Waals surface area contributed by atoms with Crippen molar-refractivity contribution in [1.29, 1.82) is 0 Å². The molecule has 1 aliphatic rings. The first-order valence-corrected chi connectivity index (χ1v) is 8.83. The number of anilines is 1. The van der Waals surface area contributed by atoms with Gasteiger partial charge in [-0.3, -0.25) is 15.5 Å². The fourth-order valence-corrected chi connectivity index (χ4v) is 4.33. The minimum absolute atomic E-state index is 0.0220. The van der Waals surface area contributed by atoms with Gasteiger partial charge >= 0.3 is 0 Å². The van der Waals surface area contributed by atoms with E-state index in [1.54, 1.807) is 29.5 Å². The second-order valence-electron chi connectivity index (χ2n) is 5.80. The van der Waals surface area contributed by atoms with Crippen molar-refractivity contribution in [3.63, 3.8) is 0 Å². The van der Waals surface area contributed by atoms with Crippen LogP contribution in [0, 0.1) is 10.1 Å². The number of nitro benzene ring substituents is 1. The zero-order valence-corrected chi connectivity index (χ0v) is 14.1. The average Bonchev–Trinajstić information content (AvgIpc) is 3.01. The predicted octanol–water partition coefficient (Wildman–Crippen LogP) is 3.92. The minimum atomic E-state index is -0.417. The molecule has 2 heterocycles. The highest BCUT2D eigenvalue weighted by molar-refractivity contribution is 7.19. The summed E-state index contributed by atoms with van der Waals surface area (Å²) in [4.78, 5) is 21.7. The third-order valence-electron chi connectivity index (χ3n) is 4.26. The Balaban J connectivity index is 1.66. The van der Waals surface area contributed by atoms with Crippen LogP contribution in [0.3, 0.4) is 0 Å². The Bertz CT molecular complexity index is 982. The van der Waals surface area contributed by atoms with Crippen LogP contribution in [-0.2, 0) is 12.8 Å². The Kier molecular flexibility index (Phi) is 4.10. The Hall–Kier alpha value is -2.87. The van der Waals surface area contributed by atoms with Gasteiger partial charge in [0, 0.05) is 10.9 Å². The highest BCUT2D eigenvalue weighted by Crippen LogP contribution is 2.38. The molecule has 1 N–H and O–H groups in total. The molecule has 0 amide bonds.